The maximum Gasteiger partial charge on any atom is 0.256 e. The number of hydrogen-bond acceptors (Lipinski definition) is 5. The Morgan fingerprint density at radius 3 is 2.67 bits per heavy atom. The van der Waals surface area contributed by atoms with Crippen LogP contribution in [-0.4, -0.2) is 77.0 Å². The number of piperazine rings is 1. The number of aliphatic hydroxyl groups is 1. The van der Waals surface area contributed by atoms with Gasteiger partial charge in [-0.05, 0) is 42.3 Å². The van der Waals surface area contributed by atoms with Gasteiger partial charge in [0.05, 0.1) is 29.9 Å². The van der Waals surface area contributed by atoms with Gasteiger partial charge in [0.15, 0.2) is 0 Å². The number of benzene rings is 2. The quantitative estimate of drug-likeness (QED) is 0.614. The number of anilines is 1. The van der Waals surface area contributed by atoms with Crippen LogP contribution in [0.3, 0.4) is 0 Å². The van der Waals surface area contributed by atoms with E-state index in [-0.39, 0.29) is 47.9 Å². The number of rotatable bonds is 2. The van der Waals surface area contributed by atoms with E-state index in [1.165, 1.54) is 11.0 Å². The highest BCUT2D eigenvalue weighted by molar-refractivity contribution is 6.30. The van der Waals surface area contributed by atoms with E-state index in [4.69, 9.17) is 11.6 Å². The molecule has 2 unspecified atom stereocenters. The van der Waals surface area contributed by atoms with Crippen LogP contribution in [0.4, 0.5) is 10.1 Å². The Balaban J connectivity index is 1.41. The Kier molecular flexibility index (Phi) is 5.55. The van der Waals surface area contributed by atoms with Crippen molar-refractivity contribution in [3.8, 4) is 11.1 Å². The van der Waals surface area contributed by atoms with Crippen molar-refractivity contribution in [3.63, 3.8) is 0 Å². The molecule has 2 saturated heterocycles. The molecule has 2 fully saturated rings. The lowest BCUT2D eigenvalue weighted by Gasteiger charge is -2.40. The second-order valence-electron chi connectivity index (χ2n) is 8.52. The third-order valence-corrected chi connectivity index (χ3v) is 6.65. The summed E-state index contributed by atoms with van der Waals surface area (Å²) in [5, 5.41) is 15.7. The summed E-state index contributed by atoms with van der Waals surface area (Å²) in [6.07, 6.45) is -0.248. The zero-order chi connectivity index (χ0) is 23.3. The van der Waals surface area contributed by atoms with Gasteiger partial charge in [0, 0.05) is 30.2 Å². The first-order chi connectivity index (χ1) is 15.8. The van der Waals surface area contributed by atoms with Crippen LogP contribution >= 0.6 is 11.6 Å². The van der Waals surface area contributed by atoms with Crippen LogP contribution in [0.2, 0.25) is 5.02 Å². The number of hydrogen-bond donors (Lipinski definition) is 3. The van der Waals surface area contributed by atoms with Crippen molar-refractivity contribution >= 4 is 35.0 Å². The molecule has 0 spiro atoms. The van der Waals surface area contributed by atoms with Crippen molar-refractivity contribution in [1.82, 2.24) is 15.1 Å². The Bertz CT molecular complexity index is 1160. The number of fused-ring (bicyclic) bond motifs is 2. The molecule has 3 N–H and O–H groups in total. The van der Waals surface area contributed by atoms with Gasteiger partial charge in [0.1, 0.15) is 11.9 Å². The molecule has 0 aromatic heterocycles. The largest absolute Gasteiger partial charge is 0.392 e. The summed E-state index contributed by atoms with van der Waals surface area (Å²) in [6, 6.07) is 7.76. The minimum absolute atomic E-state index is 0.0668. The van der Waals surface area contributed by atoms with E-state index in [0.29, 0.717) is 29.8 Å². The second kappa shape index (κ2) is 8.40. The van der Waals surface area contributed by atoms with Crippen molar-refractivity contribution in [2.45, 2.75) is 24.6 Å². The molecule has 0 aliphatic carbocycles. The Morgan fingerprint density at radius 1 is 1.12 bits per heavy atom. The number of aliphatic hydroxyl groups excluding tert-OH is 1. The Morgan fingerprint density at radius 2 is 1.94 bits per heavy atom. The van der Waals surface area contributed by atoms with Gasteiger partial charge < -0.3 is 25.5 Å². The third kappa shape index (κ3) is 3.96. The van der Waals surface area contributed by atoms with Gasteiger partial charge in [-0.1, -0.05) is 17.7 Å². The molecule has 3 heterocycles. The molecule has 0 saturated carbocycles. The highest BCUT2D eigenvalue weighted by Gasteiger charge is 2.42. The summed E-state index contributed by atoms with van der Waals surface area (Å²) in [4.78, 5) is 42.2. The van der Waals surface area contributed by atoms with Gasteiger partial charge in [0.2, 0.25) is 11.8 Å². The van der Waals surface area contributed by atoms with Crippen molar-refractivity contribution in [3.05, 3.63) is 52.8 Å². The first-order valence-electron chi connectivity index (χ1n) is 10.7. The minimum Gasteiger partial charge on any atom is -0.392 e. The van der Waals surface area contributed by atoms with Crippen LogP contribution in [0.1, 0.15) is 16.8 Å². The van der Waals surface area contributed by atoms with E-state index in [1.807, 2.05) is 0 Å². The monoisotopic (exact) mass is 472 g/mol. The van der Waals surface area contributed by atoms with Crippen molar-refractivity contribution in [1.29, 1.82) is 0 Å². The fraction of sp³-hybridized carbons (Fsp3) is 0.348. The molecule has 172 valence electrons. The molecule has 3 atom stereocenters. The lowest BCUT2D eigenvalue weighted by Crippen LogP contribution is -2.61. The average Bonchev–Trinajstić information content (AvgIpc) is 3.20. The fourth-order valence-electron chi connectivity index (χ4n) is 4.67. The van der Waals surface area contributed by atoms with Crippen LogP contribution in [0.25, 0.3) is 11.1 Å². The van der Waals surface area contributed by atoms with Crippen molar-refractivity contribution in [2.24, 2.45) is 0 Å². The highest BCUT2D eigenvalue weighted by Crippen LogP contribution is 2.32. The van der Waals surface area contributed by atoms with Crippen LogP contribution in [0.5, 0.6) is 0 Å². The number of β-amino-alcohol motifs (C(OH)–C–C–N with tert-alkyl or cyclic N) is 1. The molecule has 0 bridgehead atoms. The molecule has 3 aliphatic heterocycles. The first-order valence-corrected chi connectivity index (χ1v) is 11.1. The van der Waals surface area contributed by atoms with E-state index < -0.39 is 24.0 Å². The van der Waals surface area contributed by atoms with Gasteiger partial charge in [0.25, 0.3) is 5.91 Å². The molecule has 0 radical (unpaired) electrons. The Labute approximate surface area is 194 Å². The Hall–Kier alpha value is -3.01. The molecule has 3 aliphatic rings. The molecule has 8 nitrogen and oxygen atoms in total. The van der Waals surface area contributed by atoms with Gasteiger partial charge in [-0.3, -0.25) is 14.4 Å². The van der Waals surface area contributed by atoms with Gasteiger partial charge in [-0.2, -0.15) is 0 Å². The van der Waals surface area contributed by atoms with E-state index in [1.54, 1.807) is 35.2 Å². The first kappa shape index (κ1) is 21.8. The van der Waals surface area contributed by atoms with Crippen molar-refractivity contribution < 1.29 is 23.9 Å². The molecular weight excluding hydrogens is 451 g/mol. The summed E-state index contributed by atoms with van der Waals surface area (Å²) in [5.41, 5.74) is 1.39. The topological polar surface area (TPSA) is 102 Å². The molecule has 10 heteroatoms. The normalized spacial score (nSPS) is 24.8. The van der Waals surface area contributed by atoms with Crippen LogP contribution < -0.4 is 10.6 Å². The zero-order valence-corrected chi connectivity index (χ0v) is 18.3. The molecule has 3 amide bonds. The van der Waals surface area contributed by atoms with Gasteiger partial charge >= 0.3 is 0 Å². The molecule has 33 heavy (non-hydrogen) atoms. The lowest BCUT2D eigenvalue weighted by molar-refractivity contribution is -0.137. The SMILES string of the molecule is O=C1Nc2ccc(-c3ccc(Cl)cc3F)cc2C(=O)N2CCN(C(=O)[C@@H]3CC(O)CN3)CC12. The maximum atomic E-state index is 14.4. The average molecular weight is 473 g/mol. The second-order valence-corrected chi connectivity index (χ2v) is 8.96. The van der Waals surface area contributed by atoms with Crippen LogP contribution in [0, 0.1) is 5.82 Å². The lowest BCUT2D eigenvalue weighted by atomic mass is 10.0. The number of amides is 3. The summed E-state index contributed by atoms with van der Waals surface area (Å²) < 4.78 is 14.4. The zero-order valence-electron chi connectivity index (χ0n) is 17.6. The van der Waals surface area contributed by atoms with Gasteiger partial charge in [-0.15, -0.1) is 0 Å². The van der Waals surface area contributed by atoms with Crippen molar-refractivity contribution in [2.75, 3.05) is 31.5 Å². The summed E-state index contributed by atoms with van der Waals surface area (Å²) in [7, 11) is 0. The maximum absolute atomic E-state index is 14.4. The summed E-state index contributed by atoms with van der Waals surface area (Å²) in [5.74, 6) is -1.44. The van der Waals surface area contributed by atoms with Crippen LogP contribution in [0.15, 0.2) is 36.4 Å². The minimum atomic E-state index is -0.843. The van der Waals surface area contributed by atoms with Crippen LogP contribution in [-0.2, 0) is 9.59 Å². The number of nitrogens with zero attached hydrogens (tertiary/aromatic N) is 2. The van der Waals surface area contributed by atoms with E-state index in [9.17, 15) is 23.9 Å². The predicted molar refractivity (Wildman–Crippen MR) is 119 cm³/mol. The van der Waals surface area contributed by atoms with E-state index >= 15 is 0 Å². The highest BCUT2D eigenvalue weighted by atomic mass is 35.5. The van der Waals surface area contributed by atoms with E-state index in [2.05, 4.69) is 10.6 Å². The van der Waals surface area contributed by atoms with Gasteiger partial charge in [-0.25, -0.2) is 4.39 Å². The number of halogens is 2. The number of carbonyl (C=O) groups is 3. The predicted octanol–water partition coefficient (Wildman–Crippen LogP) is 1.47. The third-order valence-electron chi connectivity index (χ3n) is 6.41. The molecule has 2 aromatic carbocycles. The summed E-state index contributed by atoms with van der Waals surface area (Å²) >= 11 is 5.85. The van der Waals surface area contributed by atoms with E-state index in [0.717, 1.165) is 0 Å². The molecular formula is C23H22ClFN4O4. The fourth-order valence-corrected chi connectivity index (χ4v) is 4.83. The smallest absolute Gasteiger partial charge is 0.256 e. The standard InChI is InChI=1S/C23H22ClFN4O4/c24-13-2-3-15(17(25)8-13)12-1-4-18-16(7-12)22(32)29-6-5-28(11-20(29)21(31)27-18)23(33)19-9-14(30)10-26-19/h1-4,7-8,14,19-20,26,30H,5-6,9-11H2,(H,27,31)/t14?,19-,20?/m0/s1. The molecule has 5 rings (SSSR count). The summed E-state index contributed by atoms with van der Waals surface area (Å²) in [6.45, 7) is 0.891. The molecule has 2 aromatic rings. The number of carbonyl (C=O) groups excluding carboxylic acids is 3. The number of nitrogens with one attached hydrogen (secondary N) is 2.